The van der Waals surface area contributed by atoms with Crippen LogP contribution in [0, 0.1) is 0 Å². The number of benzene rings is 1. The second-order valence-electron chi connectivity index (χ2n) is 4.70. The second kappa shape index (κ2) is 4.99. The standard InChI is InChI=1S/C12H18N2O4S/c1-8-7-14(19(2,16)17)10-5-9(11(15)6-13)3-4-12(10)18-8/h3-5,8,11,15H,6-7,13H2,1-2H3. The van der Waals surface area contributed by atoms with Crippen LogP contribution in [0.2, 0.25) is 0 Å². The van der Waals surface area contributed by atoms with Crippen LogP contribution >= 0.6 is 0 Å². The van der Waals surface area contributed by atoms with Gasteiger partial charge in [-0.05, 0) is 24.6 Å². The molecule has 0 aliphatic carbocycles. The molecule has 0 radical (unpaired) electrons. The molecule has 7 heteroatoms. The van der Waals surface area contributed by atoms with Crippen LogP contribution in [0.25, 0.3) is 0 Å². The summed E-state index contributed by atoms with van der Waals surface area (Å²) >= 11 is 0. The van der Waals surface area contributed by atoms with Crippen molar-refractivity contribution < 1.29 is 18.3 Å². The molecule has 106 valence electrons. The normalized spacial score (nSPS) is 20.6. The lowest BCUT2D eigenvalue weighted by Gasteiger charge is -2.33. The number of rotatable bonds is 3. The lowest BCUT2D eigenvalue weighted by Crippen LogP contribution is -2.41. The van der Waals surface area contributed by atoms with E-state index in [9.17, 15) is 13.5 Å². The van der Waals surface area contributed by atoms with Crippen LogP contribution in [0.4, 0.5) is 5.69 Å². The van der Waals surface area contributed by atoms with Gasteiger partial charge in [-0.1, -0.05) is 6.07 Å². The molecule has 0 fully saturated rings. The van der Waals surface area contributed by atoms with Gasteiger partial charge in [0.1, 0.15) is 11.9 Å². The Kier molecular flexibility index (Phi) is 3.71. The first-order chi connectivity index (χ1) is 8.82. The van der Waals surface area contributed by atoms with Crippen LogP contribution in [0.3, 0.4) is 0 Å². The van der Waals surface area contributed by atoms with Crippen molar-refractivity contribution >= 4 is 15.7 Å². The van der Waals surface area contributed by atoms with Gasteiger partial charge in [-0.25, -0.2) is 8.42 Å². The maximum Gasteiger partial charge on any atom is 0.232 e. The van der Waals surface area contributed by atoms with Crippen molar-refractivity contribution in [2.75, 3.05) is 23.7 Å². The van der Waals surface area contributed by atoms with E-state index in [4.69, 9.17) is 10.5 Å². The Morgan fingerprint density at radius 1 is 1.58 bits per heavy atom. The summed E-state index contributed by atoms with van der Waals surface area (Å²) in [5.41, 5.74) is 6.44. The second-order valence-corrected chi connectivity index (χ2v) is 6.61. The van der Waals surface area contributed by atoms with Crippen molar-refractivity contribution in [1.82, 2.24) is 0 Å². The summed E-state index contributed by atoms with van der Waals surface area (Å²) in [6.07, 6.45) is 0.125. The van der Waals surface area contributed by atoms with Gasteiger partial charge >= 0.3 is 0 Å². The smallest absolute Gasteiger partial charge is 0.232 e. The molecule has 0 amide bonds. The number of hydrogen-bond donors (Lipinski definition) is 2. The molecular formula is C12H18N2O4S. The summed E-state index contributed by atoms with van der Waals surface area (Å²) in [7, 11) is -3.38. The highest BCUT2D eigenvalue weighted by Gasteiger charge is 2.29. The predicted molar refractivity (Wildman–Crippen MR) is 72.7 cm³/mol. The van der Waals surface area contributed by atoms with Gasteiger partial charge in [-0.15, -0.1) is 0 Å². The van der Waals surface area contributed by atoms with Gasteiger partial charge in [0.15, 0.2) is 0 Å². The van der Waals surface area contributed by atoms with Gasteiger partial charge in [0, 0.05) is 6.54 Å². The summed E-state index contributed by atoms with van der Waals surface area (Å²) in [5.74, 6) is 0.497. The Bertz CT molecular complexity index is 573. The van der Waals surface area contributed by atoms with E-state index in [1.165, 1.54) is 4.31 Å². The molecular weight excluding hydrogens is 268 g/mol. The van der Waals surface area contributed by atoms with Crippen molar-refractivity contribution in [2.45, 2.75) is 19.1 Å². The van der Waals surface area contributed by atoms with Crippen molar-refractivity contribution in [3.8, 4) is 5.75 Å². The van der Waals surface area contributed by atoms with E-state index in [2.05, 4.69) is 0 Å². The van der Waals surface area contributed by atoms with Crippen molar-refractivity contribution in [1.29, 1.82) is 0 Å². The minimum atomic E-state index is -3.38. The zero-order valence-corrected chi connectivity index (χ0v) is 11.7. The SMILES string of the molecule is CC1CN(S(C)(=O)=O)c2cc(C(O)CN)ccc2O1. The minimum Gasteiger partial charge on any atom is -0.487 e. The van der Waals surface area contributed by atoms with E-state index >= 15 is 0 Å². The minimum absolute atomic E-state index is 0.0783. The zero-order valence-electron chi connectivity index (χ0n) is 10.9. The van der Waals surface area contributed by atoms with Crippen LogP contribution in [0.5, 0.6) is 5.75 Å². The van der Waals surface area contributed by atoms with Crippen LogP contribution in [0.1, 0.15) is 18.6 Å². The van der Waals surface area contributed by atoms with E-state index in [1.54, 1.807) is 18.2 Å². The molecule has 19 heavy (non-hydrogen) atoms. The maximum atomic E-state index is 11.8. The molecule has 2 unspecified atom stereocenters. The molecule has 0 aromatic heterocycles. The van der Waals surface area contributed by atoms with Crippen LogP contribution in [0.15, 0.2) is 18.2 Å². The highest BCUT2D eigenvalue weighted by atomic mass is 32.2. The molecule has 2 atom stereocenters. The van der Waals surface area contributed by atoms with Crippen molar-refractivity contribution in [3.05, 3.63) is 23.8 Å². The Morgan fingerprint density at radius 3 is 2.84 bits per heavy atom. The van der Waals surface area contributed by atoms with Gasteiger partial charge in [0.25, 0.3) is 0 Å². The van der Waals surface area contributed by atoms with E-state index in [-0.39, 0.29) is 19.2 Å². The van der Waals surface area contributed by atoms with Gasteiger partial charge in [0.2, 0.25) is 10.0 Å². The number of ether oxygens (including phenoxy) is 1. The zero-order chi connectivity index (χ0) is 14.2. The van der Waals surface area contributed by atoms with Crippen LogP contribution in [-0.2, 0) is 10.0 Å². The largest absolute Gasteiger partial charge is 0.487 e. The Balaban J connectivity index is 2.51. The number of nitrogens with zero attached hydrogens (tertiary/aromatic N) is 1. The van der Waals surface area contributed by atoms with E-state index in [0.29, 0.717) is 17.0 Å². The van der Waals surface area contributed by atoms with Crippen LogP contribution < -0.4 is 14.8 Å². The Morgan fingerprint density at radius 2 is 2.26 bits per heavy atom. The number of anilines is 1. The highest BCUT2D eigenvalue weighted by Crippen LogP contribution is 2.36. The van der Waals surface area contributed by atoms with E-state index in [1.807, 2.05) is 6.92 Å². The molecule has 1 aliphatic heterocycles. The van der Waals surface area contributed by atoms with Crippen LogP contribution in [-0.4, -0.2) is 39.0 Å². The first kappa shape index (κ1) is 14.1. The first-order valence-electron chi connectivity index (χ1n) is 5.99. The highest BCUT2D eigenvalue weighted by molar-refractivity contribution is 7.92. The summed E-state index contributed by atoms with van der Waals surface area (Å²) in [4.78, 5) is 0. The number of fused-ring (bicyclic) bond motifs is 1. The van der Waals surface area contributed by atoms with Crippen molar-refractivity contribution in [2.24, 2.45) is 5.73 Å². The number of nitrogens with two attached hydrogens (primary N) is 1. The molecule has 3 N–H and O–H groups in total. The molecule has 1 aliphatic rings. The van der Waals surface area contributed by atoms with Gasteiger partial charge < -0.3 is 15.6 Å². The summed E-state index contributed by atoms with van der Waals surface area (Å²) in [5, 5.41) is 9.74. The maximum absolute atomic E-state index is 11.8. The fourth-order valence-electron chi connectivity index (χ4n) is 2.07. The summed E-state index contributed by atoms with van der Waals surface area (Å²) in [6, 6.07) is 4.96. The Hall–Kier alpha value is -1.31. The lowest BCUT2D eigenvalue weighted by molar-refractivity contribution is 0.186. The molecule has 2 rings (SSSR count). The fraction of sp³-hybridized carbons (Fsp3) is 0.500. The molecule has 1 aromatic rings. The predicted octanol–water partition coefficient (Wildman–Crippen LogP) is 0.226. The van der Waals surface area contributed by atoms with Gasteiger partial charge in [-0.3, -0.25) is 4.31 Å². The van der Waals surface area contributed by atoms with E-state index < -0.39 is 16.1 Å². The lowest BCUT2D eigenvalue weighted by atomic mass is 10.1. The molecule has 1 aromatic carbocycles. The summed E-state index contributed by atoms with van der Waals surface area (Å²) in [6.45, 7) is 2.15. The quantitative estimate of drug-likeness (QED) is 0.829. The average Bonchev–Trinajstić information content (AvgIpc) is 2.35. The third-order valence-corrected chi connectivity index (χ3v) is 4.16. The molecule has 6 nitrogen and oxygen atoms in total. The molecule has 0 saturated heterocycles. The monoisotopic (exact) mass is 286 g/mol. The van der Waals surface area contributed by atoms with Gasteiger partial charge in [-0.2, -0.15) is 0 Å². The Labute approximate surface area is 112 Å². The number of aliphatic hydroxyl groups excluding tert-OH is 1. The number of sulfonamides is 1. The topological polar surface area (TPSA) is 92.9 Å². The molecule has 0 bridgehead atoms. The first-order valence-corrected chi connectivity index (χ1v) is 7.84. The average molecular weight is 286 g/mol. The number of aliphatic hydroxyl groups is 1. The van der Waals surface area contributed by atoms with Gasteiger partial charge in [0.05, 0.1) is 24.6 Å². The number of hydrogen-bond acceptors (Lipinski definition) is 5. The third-order valence-electron chi connectivity index (χ3n) is 3.01. The fourth-order valence-corrected chi connectivity index (χ4v) is 3.05. The molecule has 0 spiro atoms. The van der Waals surface area contributed by atoms with E-state index in [0.717, 1.165) is 6.26 Å². The molecule has 0 saturated carbocycles. The van der Waals surface area contributed by atoms with Crippen molar-refractivity contribution in [3.63, 3.8) is 0 Å². The summed E-state index contributed by atoms with van der Waals surface area (Å²) < 4.78 is 30.6. The third kappa shape index (κ3) is 2.83. The molecule has 1 heterocycles.